The van der Waals surface area contributed by atoms with Gasteiger partial charge in [-0.25, -0.2) is 8.42 Å². The van der Waals surface area contributed by atoms with Gasteiger partial charge >= 0.3 is 0 Å². The van der Waals surface area contributed by atoms with Crippen molar-refractivity contribution in [3.8, 4) is 5.75 Å². The summed E-state index contributed by atoms with van der Waals surface area (Å²) in [5.41, 5.74) is 0.911. The topological polar surface area (TPSA) is 112 Å². The maximum Gasteiger partial charge on any atom is 0.270 e. The van der Waals surface area contributed by atoms with Crippen LogP contribution < -0.4 is 10.1 Å². The lowest BCUT2D eigenvalue weighted by molar-refractivity contribution is -0.120. The van der Waals surface area contributed by atoms with Gasteiger partial charge in [0, 0.05) is 38.1 Å². The first-order valence-corrected chi connectivity index (χ1v) is 12.8. The van der Waals surface area contributed by atoms with Gasteiger partial charge in [0.1, 0.15) is 16.3 Å². The molecular formula is C23H30N4O5S. The van der Waals surface area contributed by atoms with Gasteiger partial charge in [-0.3, -0.25) is 9.59 Å². The Morgan fingerprint density at radius 3 is 2.48 bits per heavy atom. The van der Waals surface area contributed by atoms with E-state index in [9.17, 15) is 18.0 Å². The largest absolute Gasteiger partial charge is 0.497 e. The highest BCUT2D eigenvalue weighted by molar-refractivity contribution is 7.89. The van der Waals surface area contributed by atoms with Crippen molar-refractivity contribution in [2.45, 2.75) is 37.0 Å². The van der Waals surface area contributed by atoms with Crippen LogP contribution in [0.1, 0.15) is 42.6 Å². The lowest BCUT2D eigenvalue weighted by atomic mass is 9.99. The van der Waals surface area contributed by atoms with Crippen LogP contribution in [-0.2, 0) is 14.8 Å². The van der Waals surface area contributed by atoms with E-state index in [2.05, 4.69) is 10.3 Å². The molecule has 0 radical (unpaired) electrons. The molecule has 2 fully saturated rings. The van der Waals surface area contributed by atoms with Crippen LogP contribution in [0.2, 0.25) is 0 Å². The molecule has 2 aliphatic heterocycles. The van der Waals surface area contributed by atoms with Gasteiger partial charge in [0.25, 0.3) is 5.91 Å². The molecule has 33 heavy (non-hydrogen) atoms. The van der Waals surface area contributed by atoms with Crippen molar-refractivity contribution < 1.29 is 22.7 Å². The zero-order chi connectivity index (χ0) is 23.4. The third kappa shape index (κ3) is 5.22. The number of anilines is 1. The van der Waals surface area contributed by atoms with Crippen molar-refractivity contribution in [2.24, 2.45) is 5.92 Å². The molecule has 2 saturated heterocycles. The predicted octanol–water partition coefficient (Wildman–Crippen LogP) is 2.69. The van der Waals surface area contributed by atoms with Crippen molar-refractivity contribution in [2.75, 3.05) is 38.6 Å². The molecule has 3 heterocycles. The number of piperidine rings is 2. The Bertz CT molecular complexity index is 1090. The molecule has 1 atom stereocenters. The summed E-state index contributed by atoms with van der Waals surface area (Å²) < 4.78 is 32.9. The smallest absolute Gasteiger partial charge is 0.270 e. The van der Waals surface area contributed by atoms with Crippen LogP contribution in [-0.4, -0.2) is 67.7 Å². The molecule has 2 amide bonds. The van der Waals surface area contributed by atoms with Gasteiger partial charge in [-0.2, -0.15) is 4.31 Å². The summed E-state index contributed by atoms with van der Waals surface area (Å²) in [5, 5.41) is 2.86. The van der Waals surface area contributed by atoms with Gasteiger partial charge < -0.3 is 19.9 Å². The SMILES string of the molecule is COc1ccc(NC(=O)[C@H]2CCCN(S(=O)(=O)c3c[nH]c(C(=O)N4CCCCC4)c3)C2)cc1. The first-order chi connectivity index (χ1) is 15.9. The molecule has 2 aromatic rings. The monoisotopic (exact) mass is 474 g/mol. The number of carbonyl (C=O) groups excluding carboxylic acids is 2. The molecule has 2 aliphatic rings. The molecule has 1 aromatic carbocycles. The Balaban J connectivity index is 1.42. The van der Waals surface area contributed by atoms with Gasteiger partial charge in [0.2, 0.25) is 15.9 Å². The number of amides is 2. The number of hydrogen-bond acceptors (Lipinski definition) is 5. The summed E-state index contributed by atoms with van der Waals surface area (Å²) in [6.07, 6.45) is 5.60. The summed E-state index contributed by atoms with van der Waals surface area (Å²) in [4.78, 5) is 30.1. The third-order valence-electron chi connectivity index (χ3n) is 6.28. The summed E-state index contributed by atoms with van der Waals surface area (Å²) in [6.45, 7) is 1.83. The van der Waals surface area contributed by atoms with Crippen LogP contribution in [0.5, 0.6) is 5.75 Å². The Morgan fingerprint density at radius 1 is 1.06 bits per heavy atom. The van der Waals surface area contributed by atoms with Gasteiger partial charge in [-0.05, 0) is 62.4 Å². The maximum absolute atomic E-state index is 13.2. The Labute approximate surface area is 194 Å². The van der Waals surface area contributed by atoms with Gasteiger partial charge in [-0.15, -0.1) is 0 Å². The van der Waals surface area contributed by atoms with Crippen LogP contribution >= 0.6 is 0 Å². The highest BCUT2D eigenvalue weighted by Gasteiger charge is 2.34. The highest BCUT2D eigenvalue weighted by atomic mass is 32.2. The molecule has 9 nitrogen and oxygen atoms in total. The zero-order valence-corrected chi connectivity index (χ0v) is 19.6. The maximum atomic E-state index is 13.2. The normalized spacial score (nSPS) is 19.8. The van der Waals surface area contributed by atoms with Crippen LogP contribution in [0, 0.1) is 5.92 Å². The zero-order valence-electron chi connectivity index (χ0n) is 18.7. The minimum absolute atomic E-state index is 0.0547. The lowest BCUT2D eigenvalue weighted by Crippen LogP contribution is -2.43. The number of nitrogens with zero attached hydrogens (tertiary/aromatic N) is 2. The Kier molecular flexibility index (Phi) is 7.04. The van der Waals surface area contributed by atoms with Crippen molar-refractivity contribution in [1.82, 2.24) is 14.2 Å². The fraction of sp³-hybridized carbons (Fsp3) is 0.478. The second-order valence-corrected chi connectivity index (χ2v) is 10.5. The second kappa shape index (κ2) is 9.96. The number of H-pyrrole nitrogens is 1. The number of rotatable bonds is 6. The van der Waals surface area contributed by atoms with E-state index in [4.69, 9.17) is 4.74 Å². The molecule has 4 rings (SSSR count). The molecule has 0 spiro atoms. The number of methoxy groups -OCH3 is 1. The van der Waals surface area contributed by atoms with Crippen molar-refractivity contribution >= 4 is 27.5 Å². The fourth-order valence-electron chi connectivity index (χ4n) is 4.36. The molecule has 0 bridgehead atoms. The number of sulfonamides is 1. The quantitative estimate of drug-likeness (QED) is 0.669. The molecule has 178 valence electrons. The Hall–Kier alpha value is -2.85. The fourth-order valence-corrected chi connectivity index (χ4v) is 5.88. The van der Waals surface area contributed by atoms with Crippen molar-refractivity contribution in [3.63, 3.8) is 0 Å². The Morgan fingerprint density at radius 2 is 1.79 bits per heavy atom. The average molecular weight is 475 g/mol. The van der Waals surface area contributed by atoms with E-state index < -0.39 is 15.9 Å². The van der Waals surface area contributed by atoms with Crippen LogP contribution in [0.4, 0.5) is 5.69 Å². The molecule has 10 heteroatoms. The van der Waals surface area contributed by atoms with E-state index in [1.807, 2.05) is 0 Å². The van der Waals surface area contributed by atoms with E-state index in [1.54, 1.807) is 36.3 Å². The number of hydrogen-bond donors (Lipinski definition) is 2. The number of carbonyl (C=O) groups is 2. The number of nitrogens with one attached hydrogen (secondary N) is 2. The first-order valence-electron chi connectivity index (χ1n) is 11.3. The standard InChI is InChI=1S/C23H30N4O5S/c1-32-19-9-7-18(8-10-19)25-22(28)17-6-5-13-27(16-17)33(30,31)20-14-21(24-15-20)23(29)26-11-3-2-4-12-26/h7-10,14-15,17,24H,2-6,11-13,16H2,1H3,(H,25,28)/t17-/m0/s1. The van der Waals surface area contributed by atoms with Gasteiger partial charge in [-0.1, -0.05) is 0 Å². The number of likely N-dealkylation sites (tertiary alicyclic amines) is 1. The van der Waals surface area contributed by atoms with E-state index in [-0.39, 0.29) is 28.9 Å². The van der Waals surface area contributed by atoms with Crippen LogP contribution in [0.15, 0.2) is 41.4 Å². The van der Waals surface area contributed by atoms with Crippen molar-refractivity contribution in [3.05, 3.63) is 42.2 Å². The van der Waals surface area contributed by atoms with E-state index in [1.165, 1.54) is 16.6 Å². The number of aromatic nitrogens is 1. The first kappa shape index (κ1) is 23.3. The van der Waals surface area contributed by atoms with E-state index in [0.717, 1.165) is 19.3 Å². The highest BCUT2D eigenvalue weighted by Crippen LogP contribution is 2.26. The number of ether oxygens (including phenoxy) is 1. The summed E-state index contributed by atoms with van der Waals surface area (Å²) >= 11 is 0. The van der Waals surface area contributed by atoms with Gasteiger partial charge in [0.15, 0.2) is 0 Å². The average Bonchev–Trinajstić information content (AvgIpc) is 3.36. The molecule has 2 N–H and O–H groups in total. The molecule has 1 aromatic heterocycles. The predicted molar refractivity (Wildman–Crippen MR) is 124 cm³/mol. The minimum atomic E-state index is -3.82. The van der Waals surface area contributed by atoms with Crippen LogP contribution in [0.3, 0.4) is 0 Å². The summed E-state index contributed by atoms with van der Waals surface area (Å²) in [7, 11) is -2.25. The van der Waals surface area contributed by atoms with Gasteiger partial charge in [0.05, 0.1) is 13.0 Å². The summed E-state index contributed by atoms with van der Waals surface area (Å²) in [6, 6.07) is 8.40. The lowest BCUT2D eigenvalue weighted by Gasteiger charge is -2.31. The van der Waals surface area contributed by atoms with E-state index >= 15 is 0 Å². The molecule has 0 saturated carbocycles. The van der Waals surface area contributed by atoms with Crippen LogP contribution in [0.25, 0.3) is 0 Å². The third-order valence-corrected chi connectivity index (χ3v) is 8.12. The molecular weight excluding hydrogens is 444 g/mol. The second-order valence-electron chi connectivity index (χ2n) is 8.52. The summed E-state index contributed by atoms with van der Waals surface area (Å²) in [5.74, 6) is -0.154. The van der Waals surface area contributed by atoms with E-state index in [0.29, 0.717) is 43.9 Å². The molecule has 0 aliphatic carbocycles. The minimum Gasteiger partial charge on any atom is -0.497 e. The molecule has 0 unspecified atom stereocenters. The van der Waals surface area contributed by atoms with Crippen molar-refractivity contribution in [1.29, 1.82) is 0 Å². The number of aromatic amines is 1. The number of benzene rings is 1.